The first-order chi connectivity index (χ1) is 6.54. The fraction of sp³-hybridized carbons (Fsp3) is 0.500. The van der Waals surface area contributed by atoms with Crippen LogP contribution in [0.3, 0.4) is 0 Å². The van der Waals surface area contributed by atoms with Gasteiger partial charge in [0.25, 0.3) is 0 Å². The number of carboxylic acids is 1. The molecule has 14 heavy (non-hydrogen) atoms. The molecule has 0 radical (unpaired) electrons. The van der Waals surface area contributed by atoms with E-state index >= 15 is 0 Å². The lowest BCUT2D eigenvalue weighted by Crippen LogP contribution is -2.44. The third-order valence-electron chi connectivity index (χ3n) is 1.56. The average molecular weight is 203 g/mol. The molecule has 2 unspecified atom stereocenters. The van der Waals surface area contributed by atoms with E-state index in [1.807, 2.05) is 0 Å². The van der Waals surface area contributed by atoms with Crippen LogP contribution in [0.5, 0.6) is 0 Å². The van der Waals surface area contributed by atoms with Crippen LogP contribution in [0.1, 0.15) is 0 Å². The molecule has 0 heterocycles. The highest BCUT2D eigenvalue weighted by Gasteiger charge is 2.31. The molecule has 0 fully saturated rings. The number of carbonyl (C=O) groups excluding carboxylic acids is 1. The van der Waals surface area contributed by atoms with Gasteiger partial charge in [-0.3, -0.25) is 9.59 Å². The lowest BCUT2D eigenvalue weighted by atomic mass is 10.0. The number of ether oxygens (including phenoxy) is 1. The summed E-state index contributed by atoms with van der Waals surface area (Å²) in [6.07, 6.45) is 1.33. The number of hydrogen-bond donors (Lipinski definition) is 3. The van der Waals surface area contributed by atoms with Crippen molar-refractivity contribution in [1.82, 2.24) is 0 Å². The number of hydrogen-bond acceptors (Lipinski definition) is 5. The van der Waals surface area contributed by atoms with E-state index in [0.717, 1.165) is 0 Å². The summed E-state index contributed by atoms with van der Waals surface area (Å²) in [7, 11) is 0. The molecule has 0 amide bonds. The quantitative estimate of drug-likeness (QED) is 0.367. The van der Waals surface area contributed by atoms with Gasteiger partial charge >= 0.3 is 11.9 Å². The van der Waals surface area contributed by atoms with Crippen molar-refractivity contribution in [3.63, 3.8) is 0 Å². The molecule has 0 aliphatic heterocycles. The third-order valence-corrected chi connectivity index (χ3v) is 1.56. The van der Waals surface area contributed by atoms with E-state index < -0.39 is 30.5 Å². The number of carboxylic acid groups (broad SMARTS) is 1. The second kappa shape index (κ2) is 6.11. The lowest BCUT2D eigenvalue weighted by molar-refractivity contribution is -0.155. The number of aliphatic carboxylic acids is 1. The van der Waals surface area contributed by atoms with E-state index in [9.17, 15) is 9.59 Å². The highest BCUT2D eigenvalue weighted by Crippen LogP contribution is 2.04. The first-order valence-electron chi connectivity index (χ1n) is 3.91. The van der Waals surface area contributed by atoms with Gasteiger partial charge in [0.1, 0.15) is 18.6 Å². The largest absolute Gasteiger partial charge is 0.480 e. The first kappa shape index (κ1) is 12.6. The smallest absolute Gasteiger partial charge is 0.321 e. The van der Waals surface area contributed by atoms with Crippen LogP contribution in [0.25, 0.3) is 0 Å². The molecule has 2 atom stereocenters. The monoisotopic (exact) mass is 203 g/mol. The Labute approximate surface area is 81.0 Å². The Morgan fingerprint density at radius 3 is 2.50 bits per heavy atom. The van der Waals surface area contributed by atoms with Crippen LogP contribution in [-0.4, -0.2) is 41.4 Å². The third kappa shape index (κ3) is 3.55. The molecule has 0 aliphatic rings. The second-order valence-corrected chi connectivity index (χ2v) is 2.57. The van der Waals surface area contributed by atoms with Gasteiger partial charge in [0.05, 0.1) is 6.61 Å². The second-order valence-electron chi connectivity index (χ2n) is 2.57. The SMILES string of the molecule is C=CCOC(=O)C(CO)C(N)C(=O)O. The van der Waals surface area contributed by atoms with Crippen molar-refractivity contribution in [2.24, 2.45) is 11.7 Å². The summed E-state index contributed by atoms with van der Waals surface area (Å²) in [5, 5.41) is 17.2. The topological polar surface area (TPSA) is 110 Å². The minimum Gasteiger partial charge on any atom is -0.480 e. The summed E-state index contributed by atoms with van der Waals surface area (Å²) >= 11 is 0. The van der Waals surface area contributed by atoms with Crippen molar-refractivity contribution in [3.8, 4) is 0 Å². The minimum atomic E-state index is -1.46. The average Bonchev–Trinajstić information content (AvgIpc) is 2.15. The molecule has 0 bridgehead atoms. The molecule has 0 aromatic rings. The van der Waals surface area contributed by atoms with E-state index in [1.54, 1.807) is 0 Å². The van der Waals surface area contributed by atoms with Gasteiger partial charge < -0.3 is 20.7 Å². The van der Waals surface area contributed by atoms with Crippen LogP contribution >= 0.6 is 0 Å². The number of esters is 1. The molecular formula is C8H13NO5. The summed E-state index contributed by atoms with van der Waals surface area (Å²) in [4.78, 5) is 21.5. The van der Waals surface area contributed by atoms with Gasteiger partial charge in [-0.05, 0) is 0 Å². The zero-order chi connectivity index (χ0) is 11.1. The van der Waals surface area contributed by atoms with Crippen LogP contribution in [0, 0.1) is 5.92 Å². The van der Waals surface area contributed by atoms with Crippen molar-refractivity contribution in [2.45, 2.75) is 6.04 Å². The molecule has 0 saturated heterocycles. The fourth-order valence-corrected chi connectivity index (χ4v) is 0.755. The van der Waals surface area contributed by atoms with Gasteiger partial charge in [-0.1, -0.05) is 12.7 Å². The standard InChI is InChI=1S/C8H13NO5/c1-2-3-14-8(13)5(4-10)6(9)7(11)12/h2,5-6,10H,1,3-4,9H2,(H,11,12). The summed E-state index contributed by atoms with van der Waals surface area (Å²) in [6.45, 7) is 2.61. The first-order valence-corrected chi connectivity index (χ1v) is 3.91. The summed E-state index contributed by atoms with van der Waals surface area (Å²) in [5.74, 6) is -3.45. The summed E-state index contributed by atoms with van der Waals surface area (Å²) in [6, 6.07) is -1.46. The van der Waals surface area contributed by atoms with Crippen molar-refractivity contribution >= 4 is 11.9 Å². The van der Waals surface area contributed by atoms with Crippen LogP contribution < -0.4 is 5.73 Å². The number of rotatable bonds is 6. The van der Waals surface area contributed by atoms with Gasteiger partial charge in [0, 0.05) is 0 Å². The van der Waals surface area contributed by atoms with E-state index in [-0.39, 0.29) is 6.61 Å². The van der Waals surface area contributed by atoms with Gasteiger partial charge in [-0.25, -0.2) is 0 Å². The van der Waals surface area contributed by atoms with Crippen LogP contribution in [-0.2, 0) is 14.3 Å². The zero-order valence-corrected chi connectivity index (χ0v) is 7.55. The summed E-state index contributed by atoms with van der Waals surface area (Å²) in [5.41, 5.74) is 5.16. The normalized spacial score (nSPS) is 14.1. The molecule has 80 valence electrons. The van der Waals surface area contributed by atoms with Gasteiger partial charge in [0.2, 0.25) is 0 Å². The fourth-order valence-electron chi connectivity index (χ4n) is 0.755. The molecule has 6 heteroatoms. The van der Waals surface area contributed by atoms with Crippen LogP contribution in [0.15, 0.2) is 12.7 Å². The number of carbonyl (C=O) groups is 2. The predicted octanol–water partition coefficient (Wildman–Crippen LogP) is -1.26. The molecule has 0 aromatic heterocycles. The predicted molar refractivity (Wildman–Crippen MR) is 47.3 cm³/mol. The Kier molecular flexibility index (Phi) is 5.50. The molecule has 4 N–H and O–H groups in total. The zero-order valence-electron chi connectivity index (χ0n) is 7.55. The molecule has 0 saturated carbocycles. The number of nitrogens with two attached hydrogens (primary N) is 1. The molecule has 0 spiro atoms. The van der Waals surface area contributed by atoms with E-state index in [2.05, 4.69) is 11.3 Å². The number of aliphatic hydroxyl groups excluding tert-OH is 1. The van der Waals surface area contributed by atoms with Crippen LogP contribution in [0.4, 0.5) is 0 Å². The Bertz CT molecular complexity index is 228. The van der Waals surface area contributed by atoms with Crippen molar-refractivity contribution in [2.75, 3.05) is 13.2 Å². The molecule has 0 aliphatic carbocycles. The van der Waals surface area contributed by atoms with E-state index in [0.29, 0.717) is 0 Å². The van der Waals surface area contributed by atoms with Gasteiger partial charge in [0.15, 0.2) is 0 Å². The Balaban J connectivity index is 4.31. The summed E-state index contributed by atoms with van der Waals surface area (Å²) < 4.78 is 4.56. The highest BCUT2D eigenvalue weighted by atomic mass is 16.5. The van der Waals surface area contributed by atoms with Crippen molar-refractivity contribution in [1.29, 1.82) is 0 Å². The van der Waals surface area contributed by atoms with E-state index in [4.69, 9.17) is 15.9 Å². The van der Waals surface area contributed by atoms with Gasteiger partial charge in [-0.15, -0.1) is 0 Å². The highest BCUT2D eigenvalue weighted by molar-refractivity contribution is 5.83. The lowest BCUT2D eigenvalue weighted by Gasteiger charge is -2.16. The Hall–Kier alpha value is -1.40. The Morgan fingerprint density at radius 2 is 2.14 bits per heavy atom. The molecular weight excluding hydrogens is 190 g/mol. The van der Waals surface area contributed by atoms with E-state index in [1.165, 1.54) is 6.08 Å². The maximum Gasteiger partial charge on any atom is 0.321 e. The van der Waals surface area contributed by atoms with Crippen molar-refractivity contribution in [3.05, 3.63) is 12.7 Å². The Morgan fingerprint density at radius 1 is 1.57 bits per heavy atom. The molecule has 0 aromatic carbocycles. The maximum absolute atomic E-state index is 11.1. The molecule has 0 rings (SSSR count). The van der Waals surface area contributed by atoms with Gasteiger partial charge in [-0.2, -0.15) is 0 Å². The minimum absolute atomic E-state index is 0.0400. The molecule has 6 nitrogen and oxygen atoms in total. The number of aliphatic hydroxyl groups is 1. The maximum atomic E-state index is 11.1. The van der Waals surface area contributed by atoms with Crippen molar-refractivity contribution < 1.29 is 24.5 Å². The van der Waals surface area contributed by atoms with Crippen LogP contribution in [0.2, 0.25) is 0 Å².